The van der Waals surface area contributed by atoms with Gasteiger partial charge in [0.1, 0.15) is 24.2 Å². The Balaban J connectivity index is 3.15. The molecular weight excluding hydrogens is 466 g/mol. The molecule has 0 fully saturated rings. The molecule has 0 saturated heterocycles. The molecule has 14 nitrogen and oxygen atoms in total. The second-order valence-electron chi connectivity index (χ2n) is 7.75. The van der Waals surface area contributed by atoms with Gasteiger partial charge in [0.15, 0.2) is 0 Å². The fraction of sp³-hybridized carbons (Fsp3) is 0.429. The van der Waals surface area contributed by atoms with Gasteiger partial charge in [-0.3, -0.25) is 24.0 Å². The maximum atomic E-state index is 12.8. The Hall–Kier alpha value is -4.04. The lowest BCUT2D eigenvalue weighted by atomic mass is 10.0. The number of carbonyl (C=O) groups is 6. The molecule has 0 aliphatic rings. The number of nitrogens with one attached hydrogen (secondary N) is 3. The van der Waals surface area contributed by atoms with Crippen LogP contribution in [0.4, 0.5) is 0 Å². The van der Waals surface area contributed by atoms with Crippen molar-refractivity contribution in [3.8, 4) is 0 Å². The van der Waals surface area contributed by atoms with Crippen molar-refractivity contribution in [3.05, 3.63) is 35.9 Å². The lowest BCUT2D eigenvalue weighted by Crippen LogP contribution is -2.59. The summed E-state index contributed by atoms with van der Waals surface area (Å²) in [5, 5.41) is 34.4. The minimum atomic E-state index is -1.67. The summed E-state index contributed by atoms with van der Waals surface area (Å²) >= 11 is 0. The number of hydrogen-bond acceptors (Lipinski definition) is 8. The predicted octanol–water partition coefficient (Wildman–Crippen LogP) is -3.17. The zero-order chi connectivity index (χ0) is 26.7. The summed E-state index contributed by atoms with van der Waals surface area (Å²) in [7, 11) is 0. The molecule has 35 heavy (non-hydrogen) atoms. The van der Waals surface area contributed by atoms with Crippen molar-refractivity contribution in [2.24, 2.45) is 11.5 Å². The van der Waals surface area contributed by atoms with Crippen LogP contribution in [0.1, 0.15) is 25.3 Å². The Morgan fingerprint density at radius 3 is 1.83 bits per heavy atom. The number of aliphatic hydroxyl groups is 1. The summed E-state index contributed by atoms with van der Waals surface area (Å²) in [5.41, 5.74) is 11.1. The Morgan fingerprint density at radius 2 is 1.34 bits per heavy atom. The number of carbonyl (C=O) groups excluding carboxylic acids is 4. The maximum absolute atomic E-state index is 12.8. The van der Waals surface area contributed by atoms with Crippen LogP contribution in [0, 0.1) is 0 Å². The van der Waals surface area contributed by atoms with Crippen molar-refractivity contribution in [2.45, 2.75) is 56.5 Å². The second-order valence-corrected chi connectivity index (χ2v) is 7.75. The van der Waals surface area contributed by atoms with Crippen molar-refractivity contribution in [1.29, 1.82) is 0 Å². The van der Waals surface area contributed by atoms with Crippen molar-refractivity contribution in [1.82, 2.24) is 16.0 Å². The number of benzene rings is 1. The first-order valence-corrected chi connectivity index (χ1v) is 10.4. The van der Waals surface area contributed by atoms with Gasteiger partial charge in [0.05, 0.1) is 18.9 Å². The van der Waals surface area contributed by atoms with E-state index in [1.807, 2.05) is 0 Å². The third-order valence-corrected chi connectivity index (χ3v) is 4.77. The molecule has 1 rings (SSSR count). The number of aliphatic hydroxyl groups excluding tert-OH is 1. The smallest absolute Gasteiger partial charge is 0.326 e. The number of carboxylic acids is 2. The molecule has 1 aromatic carbocycles. The topological polar surface area (TPSA) is 251 Å². The first kappa shape index (κ1) is 29.0. The van der Waals surface area contributed by atoms with Crippen LogP contribution in [0.3, 0.4) is 0 Å². The van der Waals surface area contributed by atoms with E-state index < -0.39 is 78.7 Å². The van der Waals surface area contributed by atoms with Gasteiger partial charge in [-0.1, -0.05) is 30.3 Å². The van der Waals surface area contributed by atoms with E-state index in [0.717, 1.165) is 0 Å². The first-order chi connectivity index (χ1) is 16.3. The maximum Gasteiger partial charge on any atom is 0.326 e. The van der Waals surface area contributed by atoms with Crippen molar-refractivity contribution < 1.29 is 44.1 Å². The quantitative estimate of drug-likeness (QED) is 0.128. The third-order valence-electron chi connectivity index (χ3n) is 4.77. The predicted molar refractivity (Wildman–Crippen MR) is 119 cm³/mol. The molecule has 192 valence electrons. The average molecular weight is 495 g/mol. The normalized spacial score (nSPS) is 14.9. The van der Waals surface area contributed by atoms with E-state index >= 15 is 0 Å². The highest BCUT2D eigenvalue weighted by atomic mass is 16.4. The van der Waals surface area contributed by atoms with Gasteiger partial charge in [0.25, 0.3) is 0 Å². The molecule has 0 saturated carbocycles. The van der Waals surface area contributed by atoms with Crippen molar-refractivity contribution in [2.75, 3.05) is 0 Å². The van der Waals surface area contributed by atoms with E-state index in [9.17, 15) is 39.0 Å². The van der Waals surface area contributed by atoms with E-state index in [2.05, 4.69) is 16.0 Å². The largest absolute Gasteiger partial charge is 0.481 e. The SMILES string of the molecule is CC(O)C(N)C(=O)NC(CC(=O)O)C(=O)NC(Cc1ccccc1)C(=O)NC(CC(N)=O)C(=O)O. The molecule has 10 N–H and O–H groups in total. The zero-order valence-electron chi connectivity index (χ0n) is 18.8. The summed E-state index contributed by atoms with van der Waals surface area (Å²) in [6, 6.07) is 2.06. The Bertz CT molecular complexity index is 938. The van der Waals surface area contributed by atoms with Crippen LogP contribution in [0.15, 0.2) is 30.3 Å². The summed E-state index contributed by atoms with van der Waals surface area (Å²) in [5.74, 6) is -7.04. The molecule has 1 aromatic rings. The van der Waals surface area contributed by atoms with Gasteiger partial charge in [0.2, 0.25) is 23.6 Å². The molecule has 0 radical (unpaired) electrons. The minimum Gasteiger partial charge on any atom is -0.481 e. The highest BCUT2D eigenvalue weighted by Gasteiger charge is 2.32. The Kier molecular flexibility index (Phi) is 11.3. The molecule has 5 unspecified atom stereocenters. The van der Waals surface area contributed by atoms with Gasteiger partial charge in [-0.15, -0.1) is 0 Å². The molecule has 0 spiro atoms. The summed E-state index contributed by atoms with van der Waals surface area (Å²) in [4.78, 5) is 71.6. The fourth-order valence-corrected chi connectivity index (χ4v) is 2.88. The fourth-order valence-electron chi connectivity index (χ4n) is 2.88. The number of primary amides is 1. The Labute approximate surface area is 200 Å². The molecule has 4 amide bonds. The number of hydrogen-bond donors (Lipinski definition) is 8. The molecule has 0 bridgehead atoms. The summed E-state index contributed by atoms with van der Waals surface area (Å²) in [6.07, 6.45) is -3.01. The van der Waals surface area contributed by atoms with Crippen molar-refractivity contribution in [3.63, 3.8) is 0 Å². The number of amides is 4. The van der Waals surface area contributed by atoms with Gasteiger partial charge < -0.3 is 42.7 Å². The van der Waals surface area contributed by atoms with Crippen LogP contribution in [0.5, 0.6) is 0 Å². The molecular formula is C21H29N5O9. The zero-order valence-corrected chi connectivity index (χ0v) is 18.8. The number of carboxylic acid groups (broad SMARTS) is 2. The van der Waals surface area contributed by atoms with Gasteiger partial charge >= 0.3 is 11.9 Å². The first-order valence-electron chi connectivity index (χ1n) is 10.4. The van der Waals surface area contributed by atoms with E-state index in [1.54, 1.807) is 30.3 Å². The number of nitrogens with two attached hydrogens (primary N) is 2. The van der Waals surface area contributed by atoms with E-state index in [4.69, 9.17) is 16.6 Å². The summed E-state index contributed by atoms with van der Waals surface area (Å²) in [6.45, 7) is 1.22. The molecule has 14 heteroatoms. The monoisotopic (exact) mass is 495 g/mol. The molecule has 5 atom stereocenters. The van der Waals surface area contributed by atoms with Crippen LogP contribution >= 0.6 is 0 Å². The van der Waals surface area contributed by atoms with Gasteiger partial charge in [-0.05, 0) is 12.5 Å². The summed E-state index contributed by atoms with van der Waals surface area (Å²) < 4.78 is 0. The van der Waals surface area contributed by atoms with Crippen molar-refractivity contribution >= 4 is 35.6 Å². The lowest BCUT2D eigenvalue weighted by Gasteiger charge is -2.25. The van der Waals surface area contributed by atoms with Crippen LogP contribution < -0.4 is 27.4 Å². The second kappa shape index (κ2) is 13.6. The molecule has 0 aromatic heterocycles. The van der Waals surface area contributed by atoms with E-state index in [-0.39, 0.29) is 6.42 Å². The highest BCUT2D eigenvalue weighted by Crippen LogP contribution is 2.06. The van der Waals surface area contributed by atoms with Crippen LogP contribution in [-0.2, 0) is 35.2 Å². The average Bonchev–Trinajstić information content (AvgIpc) is 2.76. The minimum absolute atomic E-state index is 0.137. The molecule has 0 heterocycles. The van der Waals surface area contributed by atoms with Gasteiger partial charge in [-0.2, -0.15) is 0 Å². The van der Waals surface area contributed by atoms with Crippen LogP contribution in [-0.4, -0.2) is 81.2 Å². The van der Waals surface area contributed by atoms with Crippen LogP contribution in [0.2, 0.25) is 0 Å². The highest BCUT2D eigenvalue weighted by molar-refractivity contribution is 5.96. The number of rotatable bonds is 14. The lowest BCUT2D eigenvalue weighted by molar-refractivity contribution is -0.144. The van der Waals surface area contributed by atoms with E-state index in [0.29, 0.717) is 5.56 Å². The molecule has 0 aliphatic heterocycles. The van der Waals surface area contributed by atoms with Gasteiger partial charge in [0, 0.05) is 6.42 Å². The standard InChI is InChI=1S/C21H29N5O9/c1-10(27)17(23)20(33)25-13(9-16(29)30)19(32)24-12(7-11-5-3-2-4-6-11)18(31)26-14(21(34)35)8-15(22)28/h2-6,10,12-14,17,27H,7-9,23H2,1H3,(H2,22,28)(H,24,32)(H,25,33)(H,26,31)(H,29,30)(H,34,35). The number of aliphatic carboxylic acids is 2. The third kappa shape index (κ3) is 10.2. The Morgan fingerprint density at radius 1 is 0.829 bits per heavy atom. The van der Waals surface area contributed by atoms with Gasteiger partial charge in [-0.25, -0.2) is 4.79 Å². The van der Waals surface area contributed by atoms with Crippen LogP contribution in [0.25, 0.3) is 0 Å². The van der Waals surface area contributed by atoms with E-state index in [1.165, 1.54) is 6.92 Å². The molecule has 0 aliphatic carbocycles.